The van der Waals surface area contributed by atoms with Crippen LogP contribution in [0.1, 0.15) is 13.8 Å². The van der Waals surface area contributed by atoms with Crippen LogP contribution in [0.2, 0.25) is 0 Å². The fourth-order valence-corrected chi connectivity index (χ4v) is 2.27. The zero-order valence-electron chi connectivity index (χ0n) is 11.7. The molecule has 4 N–H and O–H groups in total. The second-order valence-corrected chi connectivity index (χ2v) is 5.43. The number of benzene rings is 1. The standard InChI is InChI=1S/C14H22N4O/c1-9(2)10(7-15)8-18(3)11-4-5-12-13(6-11)17-14(19)16-12/h4-6,9-10H,7-8,15H2,1-3H3,(H2,16,17,19). The molecule has 0 bridgehead atoms. The molecule has 0 fully saturated rings. The summed E-state index contributed by atoms with van der Waals surface area (Å²) in [6, 6.07) is 5.92. The molecular weight excluding hydrogens is 240 g/mol. The van der Waals surface area contributed by atoms with Crippen LogP contribution in [0.15, 0.2) is 23.0 Å². The Morgan fingerprint density at radius 2 is 1.95 bits per heavy atom. The Hall–Kier alpha value is -1.75. The SMILES string of the molecule is CC(C)C(CN)CN(C)c1ccc2[nH]c(=O)[nH]c2c1. The van der Waals surface area contributed by atoms with Crippen LogP contribution >= 0.6 is 0 Å². The van der Waals surface area contributed by atoms with Gasteiger partial charge in [0.25, 0.3) is 0 Å². The molecule has 1 aromatic heterocycles. The molecule has 0 aliphatic heterocycles. The maximum absolute atomic E-state index is 11.2. The number of imidazole rings is 1. The van der Waals surface area contributed by atoms with Gasteiger partial charge in [0.1, 0.15) is 0 Å². The summed E-state index contributed by atoms with van der Waals surface area (Å²) >= 11 is 0. The molecule has 5 heteroatoms. The van der Waals surface area contributed by atoms with Crippen molar-refractivity contribution in [2.24, 2.45) is 17.6 Å². The largest absolute Gasteiger partial charge is 0.374 e. The second kappa shape index (κ2) is 5.48. The minimum atomic E-state index is -0.170. The Bertz CT molecular complexity index is 599. The van der Waals surface area contributed by atoms with Crippen molar-refractivity contribution < 1.29 is 0 Å². The van der Waals surface area contributed by atoms with Gasteiger partial charge in [-0.25, -0.2) is 4.79 Å². The topological polar surface area (TPSA) is 77.9 Å². The van der Waals surface area contributed by atoms with Crippen molar-refractivity contribution in [2.45, 2.75) is 13.8 Å². The fraction of sp³-hybridized carbons (Fsp3) is 0.500. The van der Waals surface area contributed by atoms with E-state index in [1.54, 1.807) is 0 Å². The number of nitrogens with one attached hydrogen (secondary N) is 2. The van der Waals surface area contributed by atoms with Crippen LogP contribution in [0.3, 0.4) is 0 Å². The number of rotatable bonds is 5. The lowest BCUT2D eigenvalue weighted by atomic mass is 9.95. The highest BCUT2D eigenvalue weighted by Gasteiger charge is 2.14. The molecule has 0 saturated heterocycles. The van der Waals surface area contributed by atoms with Crippen molar-refractivity contribution in [1.82, 2.24) is 9.97 Å². The fourth-order valence-electron chi connectivity index (χ4n) is 2.27. The third-order valence-corrected chi connectivity index (χ3v) is 3.69. The van der Waals surface area contributed by atoms with Crippen LogP contribution < -0.4 is 16.3 Å². The first kappa shape index (κ1) is 13.7. The Morgan fingerprint density at radius 1 is 1.26 bits per heavy atom. The molecule has 1 aromatic carbocycles. The zero-order chi connectivity index (χ0) is 14.0. The van der Waals surface area contributed by atoms with E-state index in [4.69, 9.17) is 5.73 Å². The van der Waals surface area contributed by atoms with E-state index in [0.29, 0.717) is 18.4 Å². The van der Waals surface area contributed by atoms with Gasteiger partial charge in [0.2, 0.25) is 0 Å². The Kier molecular flexibility index (Phi) is 3.95. The van der Waals surface area contributed by atoms with Crippen molar-refractivity contribution in [3.05, 3.63) is 28.7 Å². The molecule has 104 valence electrons. The highest BCUT2D eigenvalue weighted by Crippen LogP contribution is 2.20. The molecule has 1 atom stereocenters. The number of aromatic nitrogens is 2. The van der Waals surface area contributed by atoms with Crippen molar-refractivity contribution in [1.29, 1.82) is 0 Å². The molecule has 0 amide bonds. The molecule has 5 nitrogen and oxygen atoms in total. The van der Waals surface area contributed by atoms with E-state index in [1.807, 2.05) is 18.2 Å². The third-order valence-electron chi connectivity index (χ3n) is 3.69. The van der Waals surface area contributed by atoms with Crippen molar-refractivity contribution in [3.63, 3.8) is 0 Å². The molecule has 2 rings (SSSR count). The normalized spacial score (nSPS) is 13.1. The van der Waals surface area contributed by atoms with Gasteiger partial charge in [-0.1, -0.05) is 13.8 Å². The minimum Gasteiger partial charge on any atom is -0.374 e. The van der Waals surface area contributed by atoms with E-state index in [2.05, 4.69) is 35.8 Å². The van der Waals surface area contributed by atoms with E-state index in [1.165, 1.54) is 0 Å². The molecule has 2 aromatic rings. The average molecular weight is 262 g/mol. The lowest BCUT2D eigenvalue weighted by Gasteiger charge is -2.27. The van der Waals surface area contributed by atoms with Crippen molar-refractivity contribution >= 4 is 16.7 Å². The van der Waals surface area contributed by atoms with Crippen LogP contribution in [0.4, 0.5) is 5.69 Å². The average Bonchev–Trinajstić information content (AvgIpc) is 2.74. The second-order valence-electron chi connectivity index (χ2n) is 5.43. The molecule has 1 heterocycles. The first-order valence-electron chi connectivity index (χ1n) is 6.64. The van der Waals surface area contributed by atoms with Gasteiger partial charge in [0.05, 0.1) is 11.0 Å². The predicted molar refractivity (Wildman–Crippen MR) is 79.6 cm³/mol. The molecule has 0 aliphatic carbocycles. The monoisotopic (exact) mass is 262 g/mol. The molecule has 0 saturated carbocycles. The van der Waals surface area contributed by atoms with Gasteiger partial charge in [-0.3, -0.25) is 0 Å². The van der Waals surface area contributed by atoms with Crippen molar-refractivity contribution in [2.75, 3.05) is 25.0 Å². The number of hydrogen-bond donors (Lipinski definition) is 3. The number of fused-ring (bicyclic) bond motifs is 1. The summed E-state index contributed by atoms with van der Waals surface area (Å²) in [7, 11) is 2.05. The molecule has 19 heavy (non-hydrogen) atoms. The summed E-state index contributed by atoms with van der Waals surface area (Å²) in [5, 5.41) is 0. The number of H-pyrrole nitrogens is 2. The van der Waals surface area contributed by atoms with Gasteiger partial charge in [-0.05, 0) is 36.6 Å². The lowest BCUT2D eigenvalue weighted by molar-refractivity contribution is 0.398. The highest BCUT2D eigenvalue weighted by atomic mass is 16.1. The van der Waals surface area contributed by atoms with E-state index >= 15 is 0 Å². The van der Waals surface area contributed by atoms with Crippen LogP contribution in [-0.2, 0) is 0 Å². The summed E-state index contributed by atoms with van der Waals surface area (Å²) in [6.45, 7) is 5.98. The summed E-state index contributed by atoms with van der Waals surface area (Å²) in [5.74, 6) is 1.02. The Labute approximate surface area is 112 Å². The smallest absolute Gasteiger partial charge is 0.323 e. The van der Waals surface area contributed by atoms with Gasteiger partial charge in [-0.2, -0.15) is 0 Å². The molecule has 1 unspecified atom stereocenters. The molecule has 0 aliphatic rings. The number of aromatic amines is 2. The Balaban J connectivity index is 2.20. The van der Waals surface area contributed by atoms with Crippen LogP contribution in [0.5, 0.6) is 0 Å². The number of nitrogens with zero attached hydrogens (tertiary/aromatic N) is 1. The predicted octanol–water partition coefficient (Wildman–Crippen LogP) is 1.52. The maximum atomic E-state index is 11.2. The van der Waals surface area contributed by atoms with E-state index in [0.717, 1.165) is 23.3 Å². The van der Waals surface area contributed by atoms with E-state index in [9.17, 15) is 4.79 Å². The third kappa shape index (κ3) is 2.98. The summed E-state index contributed by atoms with van der Waals surface area (Å²) in [6.07, 6.45) is 0. The molecule has 0 radical (unpaired) electrons. The number of nitrogens with two attached hydrogens (primary N) is 1. The lowest BCUT2D eigenvalue weighted by Crippen LogP contribution is -2.33. The van der Waals surface area contributed by atoms with Gasteiger partial charge < -0.3 is 20.6 Å². The summed E-state index contributed by atoms with van der Waals surface area (Å²) in [5.41, 5.74) is 8.40. The van der Waals surface area contributed by atoms with E-state index in [-0.39, 0.29) is 5.69 Å². The van der Waals surface area contributed by atoms with Gasteiger partial charge in [0, 0.05) is 19.3 Å². The zero-order valence-corrected chi connectivity index (χ0v) is 11.7. The van der Waals surface area contributed by atoms with Crippen molar-refractivity contribution in [3.8, 4) is 0 Å². The number of hydrogen-bond acceptors (Lipinski definition) is 3. The van der Waals surface area contributed by atoms with Gasteiger partial charge in [0.15, 0.2) is 0 Å². The van der Waals surface area contributed by atoms with Gasteiger partial charge >= 0.3 is 5.69 Å². The first-order valence-corrected chi connectivity index (χ1v) is 6.64. The quantitative estimate of drug-likeness (QED) is 0.764. The first-order chi connectivity index (χ1) is 9.01. The molecular formula is C14H22N4O. The van der Waals surface area contributed by atoms with Crippen LogP contribution in [0, 0.1) is 11.8 Å². The van der Waals surface area contributed by atoms with E-state index < -0.39 is 0 Å². The number of anilines is 1. The van der Waals surface area contributed by atoms with Crippen LogP contribution in [0.25, 0.3) is 11.0 Å². The Morgan fingerprint density at radius 3 is 2.58 bits per heavy atom. The highest BCUT2D eigenvalue weighted by molar-refractivity contribution is 5.78. The van der Waals surface area contributed by atoms with Crippen LogP contribution in [-0.4, -0.2) is 30.1 Å². The minimum absolute atomic E-state index is 0.170. The summed E-state index contributed by atoms with van der Waals surface area (Å²) < 4.78 is 0. The van der Waals surface area contributed by atoms with Gasteiger partial charge in [-0.15, -0.1) is 0 Å². The summed E-state index contributed by atoms with van der Waals surface area (Å²) in [4.78, 5) is 19.0. The maximum Gasteiger partial charge on any atom is 0.323 e. The molecule has 0 spiro atoms.